The quantitative estimate of drug-likeness (QED) is 0.406. The number of carbonyl (C=O) groups excluding carboxylic acids is 1. The summed E-state index contributed by atoms with van der Waals surface area (Å²) in [5.41, 5.74) is 2.03. The predicted octanol–water partition coefficient (Wildman–Crippen LogP) is 2.63. The molecule has 12 heteroatoms. The molecule has 3 aromatic rings. The topological polar surface area (TPSA) is 132 Å². The van der Waals surface area contributed by atoms with Crippen LogP contribution >= 0.6 is 0 Å². The van der Waals surface area contributed by atoms with E-state index in [2.05, 4.69) is 20.2 Å². The van der Waals surface area contributed by atoms with Gasteiger partial charge in [0, 0.05) is 32.2 Å². The van der Waals surface area contributed by atoms with Gasteiger partial charge in [-0.1, -0.05) is 10.3 Å². The molecule has 0 atom stereocenters. The molecule has 0 saturated carbocycles. The van der Waals surface area contributed by atoms with Crippen LogP contribution in [-0.4, -0.2) is 72.7 Å². The molecule has 0 unspecified atom stereocenters. The first kappa shape index (κ1) is 26.8. The molecular formula is C25H33N5O6S. The Bertz CT molecular complexity index is 1330. The summed E-state index contributed by atoms with van der Waals surface area (Å²) in [5, 5.41) is 7.74. The zero-order valence-corrected chi connectivity index (χ0v) is 22.7. The number of nitrogens with zero attached hydrogens (tertiary/aromatic N) is 5. The largest absolute Gasteiger partial charge is 0.497 e. The molecule has 37 heavy (non-hydrogen) atoms. The van der Waals surface area contributed by atoms with E-state index in [9.17, 15) is 13.2 Å². The predicted molar refractivity (Wildman–Crippen MR) is 134 cm³/mol. The van der Waals surface area contributed by atoms with Crippen molar-refractivity contribution in [3.05, 3.63) is 52.5 Å². The van der Waals surface area contributed by atoms with E-state index in [4.69, 9.17) is 13.8 Å². The average molecular weight is 532 g/mol. The summed E-state index contributed by atoms with van der Waals surface area (Å²) in [4.78, 5) is 21.3. The van der Waals surface area contributed by atoms with Gasteiger partial charge in [-0.3, -0.25) is 9.69 Å². The zero-order chi connectivity index (χ0) is 26.7. The van der Waals surface area contributed by atoms with Crippen molar-refractivity contribution >= 4 is 15.7 Å². The maximum Gasteiger partial charge on any atom is 0.236 e. The zero-order valence-electron chi connectivity index (χ0n) is 21.9. The van der Waals surface area contributed by atoms with Gasteiger partial charge < -0.3 is 18.7 Å². The number of likely N-dealkylation sites (N-methyl/N-ethyl adjacent to an activating group) is 1. The average Bonchev–Trinajstić information content (AvgIpc) is 3.45. The van der Waals surface area contributed by atoms with Gasteiger partial charge in [0.25, 0.3) is 0 Å². The molecule has 1 aliphatic rings. The van der Waals surface area contributed by atoms with Crippen LogP contribution in [-0.2, 0) is 33.4 Å². The number of ether oxygens (including phenoxy) is 1. The van der Waals surface area contributed by atoms with E-state index in [-0.39, 0.29) is 35.0 Å². The minimum atomic E-state index is -3.73. The third kappa shape index (κ3) is 6.37. The number of aromatic nitrogens is 3. The van der Waals surface area contributed by atoms with Crippen molar-refractivity contribution in [1.29, 1.82) is 0 Å². The van der Waals surface area contributed by atoms with Crippen molar-refractivity contribution in [3.63, 3.8) is 0 Å². The first-order chi connectivity index (χ1) is 17.6. The second-order valence-corrected chi connectivity index (χ2v) is 11.5. The lowest BCUT2D eigenvalue weighted by atomic mass is 10.0. The van der Waals surface area contributed by atoms with Crippen LogP contribution in [0.5, 0.6) is 5.75 Å². The first-order valence-electron chi connectivity index (χ1n) is 12.2. The first-order valence-corrected chi connectivity index (χ1v) is 13.8. The Kier molecular flexibility index (Phi) is 7.98. The Labute approximate surface area is 216 Å². The standard InChI is InChI=1S/C25H33N5O6S/c1-16-10-20(34-5)11-17(2)25(16)37(32,33)15-22-26-23(36-28-22)13-24(31)29(4)19-6-8-30(9-7-19)14-21-12-18(3)27-35-21/h10-12,19H,6-9,13-15H2,1-5H3. The Balaban J connectivity index is 1.32. The molecule has 1 saturated heterocycles. The SMILES string of the molecule is COc1cc(C)c(S(=O)(=O)Cc2noc(CC(=O)N(C)C3CCN(Cc4cc(C)no4)CC3)n2)c(C)c1. The molecule has 11 nitrogen and oxygen atoms in total. The summed E-state index contributed by atoms with van der Waals surface area (Å²) < 4.78 is 41.9. The highest BCUT2D eigenvalue weighted by Crippen LogP contribution is 2.28. The van der Waals surface area contributed by atoms with Crippen LogP contribution in [0.25, 0.3) is 0 Å². The monoisotopic (exact) mass is 531 g/mol. The molecule has 1 aliphatic heterocycles. The van der Waals surface area contributed by atoms with Crippen molar-refractivity contribution in [2.75, 3.05) is 27.2 Å². The fraction of sp³-hybridized carbons (Fsp3) is 0.520. The molecule has 4 rings (SSSR count). The number of sulfone groups is 1. The van der Waals surface area contributed by atoms with E-state index >= 15 is 0 Å². The van der Waals surface area contributed by atoms with E-state index in [0.29, 0.717) is 23.4 Å². The number of hydrogen-bond acceptors (Lipinski definition) is 10. The van der Waals surface area contributed by atoms with Gasteiger partial charge in [-0.2, -0.15) is 4.98 Å². The highest BCUT2D eigenvalue weighted by molar-refractivity contribution is 7.90. The van der Waals surface area contributed by atoms with Gasteiger partial charge in [-0.25, -0.2) is 8.42 Å². The van der Waals surface area contributed by atoms with E-state index in [1.165, 1.54) is 7.11 Å². The molecule has 1 aromatic carbocycles. The van der Waals surface area contributed by atoms with E-state index in [0.717, 1.165) is 37.4 Å². The fourth-order valence-corrected chi connectivity index (χ4v) is 6.52. The van der Waals surface area contributed by atoms with Gasteiger partial charge in [0.15, 0.2) is 21.4 Å². The number of amides is 1. The van der Waals surface area contributed by atoms with Gasteiger partial charge in [-0.15, -0.1) is 0 Å². The van der Waals surface area contributed by atoms with E-state index in [1.54, 1.807) is 37.9 Å². The number of benzene rings is 1. The molecule has 200 valence electrons. The molecule has 1 fully saturated rings. The number of rotatable bonds is 9. The summed E-state index contributed by atoms with van der Waals surface area (Å²) in [6.45, 7) is 7.72. The molecule has 0 aliphatic carbocycles. The number of carbonyl (C=O) groups is 1. The molecular weight excluding hydrogens is 498 g/mol. The lowest BCUT2D eigenvalue weighted by Gasteiger charge is -2.36. The van der Waals surface area contributed by atoms with Crippen LogP contribution in [0.2, 0.25) is 0 Å². The minimum absolute atomic E-state index is 0.0241. The van der Waals surface area contributed by atoms with Crippen LogP contribution in [0.1, 0.15) is 47.1 Å². The van der Waals surface area contributed by atoms with Crippen molar-refractivity contribution < 1.29 is 27.0 Å². The molecule has 0 bridgehead atoms. The van der Waals surface area contributed by atoms with Crippen molar-refractivity contribution in [2.24, 2.45) is 0 Å². The summed E-state index contributed by atoms with van der Waals surface area (Å²) >= 11 is 0. The number of hydrogen-bond donors (Lipinski definition) is 0. The van der Waals surface area contributed by atoms with Crippen LogP contribution in [0.4, 0.5) is 0 Å². The molecule has 1 amide bonds. The van der Waals surface area contributed by atoms with Gasteiger partial charge in [0.2, 0.25) is 11.8 Å². The second-order valence-electron chi connectivity index (χ2n) is 9.58. The lowest BCUT2D eigenvalue weighted by Crippen LogP contribution is -2.45. The van der Waals surface area contributed by atoms with Gasteiger partial charge >= 0.3 is 0 Å². The highest BCUT2D eigenvalue weighted by Gasteiger charge is 2.28. The summed E-state index contributed by atoms with van der Waals surface area (Å²) in [6.07, 6.45) is 1.59. The molecule has 0 radical (unpaired) electrons. The van der Waals surface area contributed by atoms with Crippen molar-refractivity contribution in [2.45, 2.75) is 63.3 Å². The third-order valence-corrected chi connectivity index (χ3v) is 8.57. The summed E-state index contributed by atoms with van der Waals surface area (Å²) in [5.74, 6) is 0.988. The Hall–Kier alpha value is -3.25. The van der Waals surface area contributed by atoms with E-state index < -0.39 is 15.6 Å². The number of methoxy groups -OCH3 is 1. The van der Waals surface area contributed by atoms with Crippen molar-refractivity contribution in [1.82, 2.24) is 25.1 Å². The fourth-order valence-electron chi connectivity index (χ4n) is 4.82. The molecule has 2 aromatic heterocycles. The van der Waals surface area contributed by atoms with E-state index in [1.807, 2.05) is 13.0 Å². The maximum absolute atomic E-state index is 13.1. The Morgan fingerprint density at radius 3 is 2.38 bits per heavy atom. The third-order valence-electron chi connectivity index (χ3n) is 6.67. The number of aryl methyl sites for hydroxylation is 3. The van der Waals surface area contributed by atoms with Crippen LogP contribution < -0.4 is 4.74 Å². The van der Waals surface area contributed by atoms with Gasteiger partial charge in [0.05, 0.1) is 24.2 Å². The smallest absolute Gasteiger partial charge is 0.236 e. The second kappa shape index (κ2) is 11.0. The van der Waals surface area contributed by atoms with Crippen LogP contribution in [0.3, 0.4) is 0 Å². The lowest BCUT2D eigenvalue weighted by molar-refractivity contribution is -0.132. The normalized spacial score (nSPS) is 15.2. The van der Waals surface area contributed by atoms with Gasteiger partial charge in [0.1, 0.15) is 17.9 Å². The Morgan fingerprint density at radius 2 is 1.78 bits per heavy atom. The molecule has 3 heterocycles. The van der Waals surface area contributed by atoms with Crippen molar-refractivity contribution in [3.8, 4) is 5.75 Å². The Morgan fingerprint density at radius 1 is 1.11 bits per heavy atom. The van der Waals surface area contributed by atoms with Gasteiger partial charge in [-0.05, 0) is 56.9 Å². The summed E-state index contributed by atoms with van der Waals surface area (Å²) in [7, 11) is -0.415. The maximum atomic E-state index is 13.1. The van der Waals surface area contributed by atoms with Crippen LogP contribution in [0, 0.1) is 20.8 Å². The number of likely N-dealkylation sites (tertiary alicyclic amines) is 1. The minimum Gasteiger partial charge on any atom is -0.497 e. The summed E-state index contributed by atoms with van der Waals surface area (Å²) in [6, 6.07) is 5.39. The highest BCUT2D eigenvalue weighted by atomic mass is 32.2. The number of piperidine rings is 1. The van der Waals surface area contributed by atoms with Crippen LogP contribution in [0.15, 0.2) is 32.1 Å². The molecule has 0 N–H and O–H groups in total. The molecule has 0 spiro atoms.